The molecule has 4 aromatic carbocycles. The number of sulfonamides is 2. The monoisotopic (exact) mass is 927 g/mol. The molecule has 12 nitrogen and oxygen atoms in total. The zero-order valence-corrected chi connectivity index (χ0v) is 38.8. The number of ketones is 3. The van der Waals surface area contributed by atoms with Gasteiger partial charge in [0, 0.05) is 35.6 Å². The van der Waals surface area contributed by atoms with Crippen LogP contribution in [0.3, 0.4) is 0 Å². The molecular formula is C47H47Cl2N5O7S2. The second-order valence-corrected chi connectivity index (χ2v) is 21.0. The Balaban J connectivity index is 0.000000239. The Bertz CT molecular complexity index is 2910. The van der Waals surface area contributed by atoms with Gasteiger partial charge in [0.1, 0.15) is 17.2 Å². The maximum Gasteiger partial charge on any atom is 0.261 e. The van der Waals surface area contributed by atoms with Crippen molar-refractivity contribution in [2.45, 2.75) is 75.5 Å². The van der Waals surface area contributed by atoms with Crippen molar-refractivity contribution in [3.63, 3.8) is 0 Å². The van der Waals surface area contributed by atoms with Crippen LogP contribution in [-0.4, -0.2) is 44.2 Å². The zero-order chi connectivity index (χ0) is 46.5. The van der Waals surface area contributed by atoms with Crippen molar-refractivity contribution >= 4 is 77.7 Å². The van der Waals surface area contributed by atoms with Gasteiger partial charge in [0.15, 0.2) is 0 Å². The highest BCUT2D eigenvalue weighted by Crippen LogP contribution is 2.29. The van der Waals surface area contributed by atoms with Crippen LogP contribution in [0.15, 0.2) is 131 Å². The van der Waals surface area contributed by atoms with Gasteiger partial charge in [-0.2, -0.15) is 0 Å². The van der Waals surface area contributed by atoms with Crippen LogP contribution < -0.4 is 15.2 Å². The van der Waals surface area contributed by atoms with E-state index in [-0.39, 0.29) is 65.6 Å². The van der Waals surface area contributed by atoms with Crippen LogP contribution in [-0.2, 0) is 42.1 Å². The lowest BCUT2D eigenvalue weighted by molar-refractivity contribution is -0.116. The standard InChI is InChI=1S/C25H25ClN2O4S.C22H22ClN3O3S/c1-16(29)12-17-6-5-7-18(13-17)24(30)23-22(14-20(26)15-27-23)28-33(31,32)21-10-8-19(9-11-21)25(2,3)4;1-22(2,3)15-7-9-18(10-8-15)30(28,29)26-19-12-16(23)13-25-20(19)21(27)14-5-4-6-17(24)11-14/h5-11,13-15,28H,12H2,1-4H3;4-13,26H,24H2,1-3H3. The molecule has 6 aromatic rings. The minimum absolute atomic E-state index is 0.00479. The molecule has 63 heavy (non-hydrogen) atoms. The summed E-state index contributed by atoms with van der Waals surface area (Å²) in [5.74, 6) is -0.993. The molecule has 6 rings (SSSR count). The molecule has 0 saturated carbocycles. The summed E-state index contributed by atoms with van der Waals surface area (Å²) in [6, 6.07) is 28.8. The van der Waals surface area contributed by atoms with E-state index >= 15 is 0 Å². The van der Waals surface area contributed by atoms with Crippen LogP contribution in [0, 0.1) is 0 Å². The van der Waals surface area contributed by atoms with Crippen LogP contribution >= 0.6 is 23.2 Å². The smallest absolute Gasteiger partial charge is 0.261 e. The van der Waals surface area contributed by atoms with Gasteiger partial charge in [-0.25, -0.2) is 26.8 Å². The van der Waals surface area contributed by atoms with E-state index in [0.717, 1.165) is 11.1 Å². The first-order valence-electron chi connectivity index (χ1n) is 19.5. The lowest BCUT2D eigenvalue weighted by Gasteiger charge is -2.19. The van der Waals surface area contributed by atoms with Crippen molar-refractivity contribution in [1.29, 1.82) is 0 Å². The van der Waals surface area contributed by atoms with E-state index in [1.165, 1.54) is 61.8 Å². The second-order valence-electron chi connectivity index (χ2n) is 16.7. The SMILES string of the molecule is CC(=O)Cc1cccc(C(=O)c2ncc(Cl)cc2NS(=O)(=O)c2ccc(C(C)(C)C)cc2)c1.CC(C)(C)c1ccc(S(=O)(=O)Nc2cc(Cl)cnc2C(=O)c2cccc(N)c2)cc1. The fourth-order valence-electron chi connectivity index (χ4n) is 6.13. The molecule has 0 aliphatic heterocycles. The summed E-state index contributed by atoms with van der Waals surface area (Å²) in [6.45, 7) is 13.7. The van der Waals surface area contributed by atoms with E-state index in [1.807, 2.05) is 41.5 Å². The number of rotatable bonds is 12. The molecular weight excluding hydrogens is 882 g/mol. The molecule has 4 N–H and O–H groups in total. The normalized spacial score (nSPS) is 11.8. The Labute approximate surface area is 378 Å². The minimum Gasteiger partial charge on any atom is -0.399 e. The number of aromatic nitrogens is 2. The van der Waals surface area contributed by atoms with Crippen molar-refractivity contribution < 1.29 is 31.2 Å². The van der Waals surface area contributed by atoms with Crippen LogP contribution in [0.5, 0.6) is 0 Å². The van der Waals surface area contributed by atoms with Crippen molar-refractivity contribution in [3.05, 3.63) is 171 Å². The van der Waals surface area contributed by atoms with Crippen molar-refractivity contribution in [2.75, 3.05) is 15.2 Å². The third-order valence-electron chi connectivity index (χ3n) is 9.48. The van der Waals surface area contributed by atoms with Gasteiger partial charge in [0.2, 0.25) is 11.6 Å². The van der Waals surface area contributed by atoms with Crippen molar-refractivity contribution in [1.82, 2.24) is 9.97 Å². The number of Topliss-reactive ketones (excluding diaryl/α,β-unsaturated/α-hetero) is 1. The average molecular weight is 929 g/mol. The van der Waals surface area contributed by atoms with E-state index in [1.54, 1.807) is 66.7 Å². The molecule has 0 atom stereocenters. The molecule has 0 fully saturated rings. The number of benzene rings is 4. The number of nitrogens with two attached hydrogens (primary N) is 1. The fourth-order valence-corrected chi connectivity index (χ4v) is 8.57. The summed E-state index contributed by atoms with van der Waals surface area (Å²) >= 11 is 12.1. The van der Waals surface area contributed by atoms with Gasteiger partial charge in [-0.15, -0.1) is 0 Å². The Kier molecular flexibility index (Phi) is 14.7. The highest BCUT2D eigenvalue weighted by atomic mass is 35.5. The summed E-state index contributed by atoms with van der Waals surface area (Å²) in [5, 5.41) is 0.373. The third kappa shape index (κ3) is 12.6. The number of nitrogens with zero attached hydrogens (tertiary/aromatic N) is 2. The van der Waals surface area contributed by atoms with Gasteiger partial charge in [-0.1, -0.05) is 119 Å². The maximum absolute atomic E-state index is 13.2. The van der Waals surface area contributed by atoms with Crippen LogP contribution in [0.1, 0.15) is 97.3 Å². The van der Waals surface area contributed by atoms with Gasteiger partial charge in [0.25, 0.3) is 20.0 Å². The average Bonchev–Trinajstić information content (AvgIpc) is 3.20. The number of carbonyl (C=O) groups is 3. The Morgan fingerprint density at radius 1 is 0.587 bits per heavy atom. The lowest BCUT2D eigenvalue weighted by Crippen LogP contribution is -2.18. The predicted octanol–water partition coefficient (Wildman–Crippen LogP) is 9.84. The summed E-state index contributed by atoms with van der Waals surface area (Å²) in [4.78, 5) is 45.8. The van der Waals surface area contributed by atoms with Gasteiger partial charge in [-0.05, 0) is 89.0 Å². The molecule has 0 saturated heterocycles. The van der Waals surface area contributed by atoms with Crippen LogP contribution in [0.4, 0.5) is 17.1 Å². The second kappa shape index (κ2) is 19.2. The number of hydrogen-bond acceptors (Lipinski definition) is 10. The lowest BCUT2D eigenvalue weighted by atomic mass is 9.87. The maximum atomic E-state index is 13.2. The number of hydrogen-bond donors (Lipinski definition) is 3. The van der Waals surface area contributed by atoms with E-state index in [4.69, 9.17) is 28.9 Å². The molecule has 2 aromatic heterocycles. The minimum atomic E-state index is -4.00. The molecule has 0 amide bonds. The number of halogens is 2. The fraction of sp³-hybridized carbons (Fsp3) is 0.213. The van der Waals surface area contributed by atoms with E-state index in [0.29, 0.717) is 22.4 Å². The van der Waals surface area contributed by atoms with Gasteiger partial charge < -0.3 is 5.73 Å². The van der Waals surface area contributed by atoms with Crippen LogP contribution in [0.25, 0.3) is 0 Å². The quantitative estimate of drug-likeness (QED) is 0.0785. The molecule has 0 bridgehead atoms. The van der Waals surface area contributed by atoms with Gasteiger partial charge >= 0.3 is 0 Å². The molecule has 0 aliphatic carbocycles. The predicted molar refractivity (Wildman–Crippen MR) is 249 cm³/mol. The van der Waals surface area contributed by atoms with E-state index in [9.17, 15) is 31.2 Å². The van der Waals surface area contributed by atoms with Gasteiger partial charge in [0.05, 0.1) is 31.2 Å². The first-order chi connectivity index (χ1) is 29.3. The molecule has 0 radical (unpaired) electrons. The largest absolute Gasteiger partial charge is 0.399 e. The number of anilines is 3. The first-order valence-corrected chi connectivity index (χ1v) is 23.2. The molecule has 2 heterocycles. The number of pyridine rings is 2. The first kappa shape index (κ1) is 48.1. The highest BCUT2D eigenvalue weighted by molar-refractivity contribution is 7.93. The van der Waals surface area contributed by atoms with Crippen molar-refractivity contribution in [3.8, 4) is 0 Å². The van der Waals surface area contributed by atoms with E-state index in [2.05, 4.69) is 19.4 Å². The zero-order valence-electron chi connectivity index (χ0n) is 35.7. The summed E-state index contributed by atoms with van der Waals surface area (Å²) < 4.78 is 56.8. The molecule has 0 aliphatic rings. The molecule has 328 valence electrons. The third-order valence-corrected chi connectivity index (χ3v) is 12.7. The molecule has 0 unspecified atom stereocenters. The Morgan fingerprint density at radius 3 is 1.37 bits per heavy atom. The topological polar surface area (TPSA) is 195 Å². The summed E-state index contributed by atoms with van der Waals surface area (Å²) in [5.41, 5.74) is 9.01. The Morgan fingerprint density at radius 2 is 0.984 bits per heavy atom. The van der Waals surface area contributed by atoms with Gasteiger partial charge in [-0.3, -0.25) is 23.8 Å². The highest BCUT2D eigenvalue weighted by Gasteiger charge is 2.25. The van der Waals surface area contributed by atoms with E-state index < -0.39 is 31.6 Å². The summed E-state index contributed by atoms with van der Waals surface area (Å²) in [7, 11) is -7.96. The molecule has 0 spiro atoms. The number of nitrogen functional groups attached to an aromatic ring is 1. The Hall–Kier alpha value is -5.93. The molecule has 16 heteroatoms. The number of nitrogens with one attached hydrogen (secondary N) is 2. The van der Waals surface area contributed by atoms with Crippen molar-refractivity contribution in [2.24, 2.45) is 0 Å². The number of carbonyl (C=O) groups excluding carboxylic acids is 3. The summed E-state index contributed by atoms with van der Waals surface area (Å²) in [6.07, 6.45) is 2.76. The van der Waals surface area contributed by atoms with Crippen LogP contribution in [0.2, 0.25) is 10.0 Å².